The third kappa shape index (κ3) is 5.01. The molecule has 0 aliphatic carbocycles. The van der Waals surface area contributed by atoms with Crippen LogP contribution in [0.5, 0.6) is 0 Å². The summed E-state index contributed by atoms with van der Waals surface area (Å²) in [6.07, 6.45) is 1.65. The molecule has 0 radical (unpaired) electrons. The standard InChI is InChI=1S/C18H18ClFN2O3S2/c19-16-8-5-14(11-17(16)27(24,25)22-9-1-2-10-22)21-18(23)12-26-15-6-3-13(20)4-7-15/h3-8,11H,1-2,9-10,12H2,(H,21,23). The Morgan fingerprint density at radius 3 is 2.48 bits per heavy atom. The van der Waals surface area contributed by atoms with E-state index in [0.29, 0.717) is 18.8 Å². The zero-order valence-corrected chi connectivity index (χ0v) is 16.7. The lowest BCUT2D eigenvalue weighted by molar-refractivity contribution is -0.113. The van der Waals surface area contributed by atoms with Gasteiger partial charge < -0.3 is 5.32 Å². The molecule has 0 spiro atoms. The molecule has 5 nitrogen and oxygen atoms in total. The minimum Gasteiger partial charge on any atom is -0.325 e. The van der Waals surface area contributed by atoms with Crippen molar-refractivity contribution >= 4 is 45.0 Å². The molecule has 1 aliphatic heterocycles. The lowest BCUT2D eigenvalue weighted by Gasteiger charge is -2.17. The maximum Gasteiger partial charge on any atom is 0.244 e. The van der Waals surface area contributed by atoms with E-state index in [1.165, 1.54) is 40.3 Å². The Morgan fingerprint density at radius 1 is 1.15 bits per heavy atom. The van der Waals surface area contributed by atoms with Crippen LogP contribution in [-0.2, 0) is 14.8 Å². The Labute approximate surface area is 166 Å². The maximum atomic E-state index is 12.9. The molecule has 144 valence electrons. The van der Waals surface area contributed by atoms with E-state index in [4.69, 9.17) is 11.6 Å². The molecule has 9 heteroatoms. The van der Waals surface area contributed by atoms with Gasteiger partial charge in [0.2, 0.25) is 15.9 Å². The predicted molar refractivity (Wildman–Crippen MR) is 105 cm³/mol. The van der Waals surface area contributed by atoms with Gasteiger partial charge in [-0.1, -0.05) is 11.6 Å². The summed E-state index contributed by atoms with van der Waals surface area (Å²) < 4.78 is 39.8. The highest BCUT2D eigenvalue weighted by Crippen LogP contribution is 2.29. The van der Waals surface area contributed by atoms with Crippen LogP contribution in [0.2, 0.25) is 5.02 Å². The Bertz CT molecular complexity index is 930. The van der Waals surface area contributed by atoms with E-state index in [2.05, 4.69) is 5.32 Å². The summed E-state index contributed by atoms with van der Waals surface area (Å²) in [4.78, 5) is 12.9. The van der Waals surface area contributed by atoms with E-state index in [1.54, 1.807) is 18.2 Å². The number of rotatable bonds is 6. The fourth-order valence-corrected chi connectivity index (χ4v) is 5.44. The highest BCUT2D eigenvalue weighted by atomic mass is 35.5. The number of carbonyl (C=O) groups excluding carboxylic acids is 1. The lowest BCUT2D eigenvalue weighted by Crippen LogP contribution is -2.28. The molecule has 2 aromatic carbocycles. The average Bonchev–Trinajstić information content (AvgIpc) is 3.18. The van der Waals surface area contributed by atoms with E-state index in [9.17, 15) is 17.6 Å². The first-order valence-corrected chi connectivity index (χ1v) is 11.1. The van der Waals surface area contributed by atoms with Gasteiger partial charge in [-0.3, -0.25) is 4.79 Å². The molecule has 0 saturated carbocycles. The second kappa shape index (κ2) is 8.60. The van der Waals surface area contributed by atoms with Crippen LogP contribution in [0, 0.1) is 5.82 Å². The van der Waals surface area contributed by atoms with Crippen LogP contribution in [0.1, 0.15) is 12.8 Å². The molecule has 1 heterocycles. The molecule has 0 bridgehead atoms. The zero-order valence-electron chi connectivity index (χ0n) is 14.3. The highest BCUT2D eigenvalue weighted by Gasteiger charge is 2.29. The molecule has 1 saturated heterocycles. The van der Waals surface area contributed by atoms with E-state index in [0.717, 1.165) is 17.7 Å². The number of amides is 1. The summed E-state index contributed by atoms with van der Waals surface area (Å²) >= 11 is 7.35. The molecule has 2 aromatic rings. The number of benzene rings is 2. The quantitative estimate of drug-likeness (QED) is 0.706. The Kier molecular flexibility index (Phi) is 6.41. The van der Waals surface area contributed by atoms with Crippen molar-refractivity contribution in [3.63, 3.8) is 0 Å². The molecule has 0 aromatic heterocycles. The lowest BCUT2D eigenvalue weighted by atomic mass is 10.3. The van der Waals surface area contributed by atoms with Gasteiger partial charge in [-0.25, -0.2) is 12.8 Å². The zero-order chi connectivity index (χ0) is 19.4. The van der Waals surface area contributed by atoms with Crippen LogP contribution in [0.3, 0.4) is 0 Å². The van der Waals surface area contributed by atoms with Gasteiger partial charge in [0, 0.05) is 23.7 Å². The summed E-state index contributed by atoms with van der Waals surface area (Å²) in [5, 5.41) is 2.80. The first-order valence-electron chi connectivity index (χ1n) is 8.34. The van der Waals surface area contributed by atoms with Crippen LogP contribution in [0.15, 0.2) is 52.3 Å². The number of anilines is 1. The van der Waals surface area contributed by atoms with Gasteiger partial charge in [0.05, 0.1) is 10.8 Å². The molecule has 1 amide bonds. The minimum absolute atomic E-state index is 0.00458. The second-order valence-corrected chi connectivity index (χ2v) is 9.41. The molecule has 0 atom stereocenters. The smallest absolute Gasteiger partial charge is 0.244 e. The van der Waals surface area contributed by atoms with Crippen molar-refractivity contribution in [2.75, 3.05) is 24.2 Å². The van der Waals surface area contributed by atoms with Gasteiger partial charge in [0.1, 0.15) is 10.7 Å². The van der Waals surface area contributed by atoms with Crippen LogP contribution < -0.4 is 5.32 Å². The highest BCUT2D eigenvalue weighted by molar-refractivity contribution is 8.00. The molecule has 3 rings (SSSR count). The number of carbonyl (C=O) groups is 1. The number of hydrogen-bond acceptors (Lipinski definition) is 4. The number of nitrogens with zero attached hydrogens (tertiary/aromatic N) is 1. The summed E-state index contributed by atoms with van der Waals surface area (Å²) in [5.41, 5.74) is 0.363. The second-order valence-electron chi connectivity index (χ2n) is 6.05. The van der Waals surface area contributed by atoms with Crippen molar-refractivity contribution in [1.29, 1.82) is 0 Å². The summed E-state index contributed by atoms with van der Waals surface area (Å²) in [7, 11) is -3.68. The minimum atomic E-state index is -3.68. The number of nitrogens with one attached hydrogen (secondary N) is 1. The van der Waals surface area contributed by atoms with Gasteiger partial charge in [0.15, 0.2) is 0 Å². The largest absolute Gasteiger partial charge is 0.325 e. The monoisotopic (exact) mass is 428 g/mol. The Balaban J connectivity index is 1.68. The molecular weight excluding hydrogens is 411 g/mol. The van der Waals surface area contributed by atoms with Gasteiger partial charge in [-0.2, -0.15) is 4.31 Å². The molecule has 1 N–H and O–H groups in total. The van der Waals surface area contributed by atoms with Gasteiger partial charge in [0.25, 0.3) is 0 Å². The van der Waals surface area contributed by atoms with Crippen molar-refractivity contribution in [1.82, 2.24) is 4.31 Å². The summed E-state index contributed by atoms with van der Waals surface area (Å²) in [6.45, 7) is 0.952. The topological polar surface area (TPSA) is 66.5 Å². The van der Waals surface area contributed by atoms with Crippen LogP contribution in [0.4, 0.5) is 10.1 Å². The van der Waals surface area contributed by atoms with Crippen molar-refractivity contribution in [3.8, 4) is 0 Å². The van der Waals surface area contributed by atoms with Crippen molar-refractivity contribution in [3.05, 3.63) is 53.3 Å². The number of hydrogen-bond donors (Lipinski definition) is 1. The van der Waals surface area contributed by atoms with E-state index in [-0.39, 0.29) is 27.4 Å². The van der Waals surface area contributed by atoms with E-state index >= 15 is 0 Å². The van der Waals surface area contributed by atoms with Crippen LogP contribution in [-0.4, -0.2) is 37.5 Å². The normalized spacial score (nSPS) is 15.0. The maximum absolute atomic E-state index is 12.9. The van der Waals surface area contributed by atoms with Gasteiger partial charge in [-0.05, 0) is 55.3 Å². The molecule has 1 fully saturated rings. The predicted octanol–water partition coefficient (Wildman–Crippen LogP) is 3.99. The number of halogens is 2. The Hall–Kier alpha value is -1.61. The average molecular weight is 429 g/mol. The third-order valence-electron chi connectivity index (χ3n) is 4.08. The van der Waals surface area contributed by atoms with Crippen molar-refractivity contribution in [2.45, 2.75) is 22.6 Å². The molecule has 27 heavy (non-hydrogen) atoms. The third-order valence-corrected chi connectivity index (χ3v) is 7.47. The molecule has 0 unspecified atom stereocenters. The van der Waals surface area contributed by atoms with Crippen molar-refractivity contribution < 1.29 is 17.6 Å². The van der Waals surface area contributed by atoms with E-state index in [1.807, 2.05) is 0 Å². The molecular formula is C18H18ClFN2O3S2. The summed E-state index contributed by atoms with van der Waals surface area (Å²) in [5.74, 6) is -0.518. The van der Waals surface area contributed by atoms with Gasteiger partial charge in [-0.15, -0.1) is 11.8 Å². The van der Waals surface area contributed by atoms with Crippen molar-refractivity contribution in [2.24, 2.45) is 0 Å². The first kappa shape index (κ1) is 20.1. The fourth-order valence-electron chi connectivity index (χ4n) is 2.72. The van der Waals surface area contributed by atoms with E-state index < -0.39 is 10.0 Å². The fraction of sp³-hybridized carbons (Fsp3) is 0.278. The van der Waals surface area contributed by atoms with Crippen LogP contribution in [0.25, 0.3) is 0 Å². The number of sulfonamides is 1. The number of thioether (sulfide) groups is 1. The molecule has 1 aliphatic rings. The van der Waals surface area contributed by atoms with Gasteiger partial charge >= 0.3 is 0 Å². The summed E-state index contributed by atoms with van der Waals surface area (Å²) in [6, 6.07) is 10.3. The first-order chi connectivity index (χ1) is 12.9. The SMILES string of the molecule is O=C(CSc1ccc(F)cc1)Nc1ccc(Cl)c(S(=O)(=O)N2CCCC2)c1. The Morgan fingerprint density at radius 2 is 1.81 bits per heavy atom. The van der Waals surface area contributed by atoms with Crippen LogP contribution >= 0.6 is 23.4 Å².